The van der Waals surface area contributed by atoms with Crippen LogP contribution in [0, 0.1) is 0 Å². The van der Waals surface area contributed by atoms with Gasteiger partial charge in [0, 0.05) is 13.5 Å². The number of rotatable bonds is 3. The third-order valence-electron chi connectivity index (χ3n) is 1.19. The Hall–Kier alpha value is -1.10. The van der Waals surface area contributed by atoms with Gasteiger partial charge in [-0.15, -0.1) is 0 Å². The molecule has 0 aliphatic carbocycles. The summed E-state index contributed by atoms with van der Waals surface area (Å²) in [7, 11) is 1.56. The number of nitrogens with zero attached hydrogens (tertiary/aromatic N) is 1. The van der Waals surface area contributed by atoms with Crippen molar-refractivity contribution in [2.24, 2.45) is 10.7 Å². The molecular formula is C9H18N2O3. The van der Waals surface area contributed by atoms with E-state index in [2.05, 4.69) is 4.99 Å². The second kappa shape index (κ2) is 5.59. The van der Waals surface area contributed by atoms with Crippen LogP contribution in [-0.2, 0) is 9.47 Å². The monoisotopic (exact) mass is 202 g/mol. The second-order valence-electron chi connectivity index (χ2n) is 3.83. The van der Waals surface area contributed by atoms with Gasteiger partial charge in [0.15, 0.2) is 0 Å². The Morgan fingerprint density at radius 1 is 1.43 bits per heavy atom. The number of aliphatic imine (C=N–C) groups is 1. The maximum Gasteiger partial charge on any atom is 0.435 e. The third-order valence-corrected chi connectivity index (χ3v) is 1.19. The molecule has 2 N–H and O–H groups in total. The first-order chi connectivity index (χ1) is 6.35. The molecule has 0 bridgehead atoms. The molecule has 1 amide bonds. The second-order valence-corrected chi connectivity index (χ2v) is 3.83. The number of hydrogen-bond acceptors (Lipinski definition) is 3. The largest absolute Gasteiger partial charge is 0.442 e. The molecule has 0 radical (unpaired) electrons. The molecule has 0 aliphatic rings. The summed E-state index contributed by atoms with van der Waals surface area (Å²) in [6.45, 7) is 5.75. The standard InChI is InChI=1S/C9H18N2O3/c1-9(2,3)14-8(12)11-7(10)5-6-13-4/h5-6H2,1-4H3,(H2,10,11,12). The van der Waals surface area contributed by atoms with E-state index >= 15 is 0 Å². The SMILES string of the molecule is COCC/C(N)=N/C(=O)OC(C)(C)C. The summed E-state index contributed by atoms with van der Waals surface area (Å²) in [5.74, 6) is 0.223. The van der Waals surface area contributed by atoms with Gasteiger partial charge in [-0.3, -0.25) is 0 Å². The number of amidine groups is 1. The molecule has 0 saturated carbocycles. The molecule has 0 aromatic carbocycles. The number of nitrogens with two attached hydrogens (primary N) is 1. The van der Waals surface area contributed by atoms with Crippen molar-refractivity contribution in [2.45, 2.75) is 32.8 Å². The van der Waals surface area contributed by atoms with Crippen LogP contribution in [0.1, 0.15) is 27.2 Å². The highest BCUT2D eigenvalue weighted by Crippen LogP contribution is 2.07. The lowest BCUT2D eigenvalue weighted by Crippen LogP contribution is -2.24. The number of carbonyl (C=O) groups is 1. The molecule has 0 saturated heterocycles. The highest BCUT2D eigenvalue weighted by molar-refractivity contribution is 5.90. The van der Waals surface area contributed by atoms with Crippen LogP contribution in [0.5, 0.6) is 0 Å². The molecule has 5 heteroatoms. The Morgan fingerprint density at radius 2 is 2.00 bits per heavy atom. The zero-order valence-corrected chi connectivity index (χ0v) is 9.16. The fraction of sp³-hybridized carbons (Fsp3) is 0.778. The fourth-order valence-corrected chi connectivity index (χ4v) is 0.665. The van der Waals surface area contributed by atoms with Gasteiger partial charge in [0.2, 0.25) is 0 Å². The summed E-state index contributed by atoms with van der Waals surface area (Å²) in [5.41, 5.74) is 4.91. The minimum absolute atomic E-state index is 0.223. The number of methoxy groups -OCH3 is 1. The van der Waals surface area contributed by atoms with Crippen LogP contribution in [0.25, 0.3) is 0 Å². The predicted molar refractivity (Wildman–Crippen MR) is 54.3 cm³/mol. The Balaban J connectivity index is 4.02. The van der Waals surface area contributed by atoms with Gasteiger partial charge in [0.25, 0.3) is 0 Å². The average Bonchev–Trinajstić information content (AvgIpc) is 1.96. The van der Waals surface area contributed by atoms with Crippen molar-refractivity contribution in [2.75, 3.05) is 13.7 Å². The van der Waals surface area contributed by atoms with E-state index in [1.807, 2.05) is 0 Å². The van der Waals surface area contributed by atoms with Gasteiger partial charge in [0.1, 0.15) is 11.4 Å². The average molecular weight is 202 g/mol. The number of ether oxygens (including phenoxy) is 2. The smallest absolute Gasteiger partial charge is 0.435 e. The molecule has 0 rings (SSSR count). The van der Waals surface area contributed by atoms with E-state index in [9.17, 15) is 4.79 Å². The quantitative estimate of drug-likeness (QED) is 0.553. The molecule has 0 spiro atoms. The van der Waals surface area contributed by atoms with Gasteiger partial charge >= 0.3 is 6.09 Å². The van der Waals surface area contributed by atoms with E-state index < -0.39 is 11.7 Å². The van der Waals surface area contributed by atoms with E-state index in [4.69, 9.17) is 15.2 Å². The van der Waals surface area contributed by atoms with Crippen molar-refractivity contribution < 1.29 is 14.3 Å². The van der Waals surface area contributed by atoms with Gasteiger partial charge in [-0.05, 0) is 20.8 Å². The van der Waals surface area contributed by atoms with Gasteiger partial charge in [-0.1, -0.05) is 0 Å². The molecular weight excluding hydrogens is 184 g/mol. The lowest BCUT2D eigenvalue weighted by molar-refractivity contribution is 0.0603. The number of carbonyl (C=O) groups excluding carboxylic acids is 1. The molecule has 0 aromatic heterocycles. The summed E-state index contributed by atoms with van der Waals surface area (Å²) in [6.07, 6.45) is -0.235. The summed E-state index contributed by atoms with van der Waals surface area (Å²) in [6, 6.07) is 0. The molecule has 14 heavy (non-hydrogen) atoms. The molecule has 82 valence electrons. The predicted octanol–water partition coefficient (Wildman–Crippen LogP) is 1.32. The maximum atomic E-state index is 11.1. The number of amides is 1. The minimum Gasteiger partial charge on any atom is -0.442 e. The van der Waals surface area contributed by atoms with Crippen molar-refractivity contribution in [1.29, 1.82) is 0 Å². The van der Waals surface area contributed by atoms with Crippen molar-refractivity contribution >= 4 is 11.9 Å². The first-order valence-corrected chi connectivity index (χ1v) is 4.40. The lowest BCUT2D eigenvalue weighted by Gasteiger charge is -2.17. The number of hydrogen-bond donors (Lipinski definition) is 1. The molecule has 0 aliphatic heterocycles. The van der Waals surface area contributed by atoms with Crippen molar-refractivity contribution in [3.05, 3.63) is 0 Å². The molecule has 0 atom stereocenters. The zero-order valence-electron chi connectivity index (χ0n) is 9.16. The summed E-state index contributed by atoms with van der Waals surface area (Å²) >= 11 is 0. The molecule has 0 aromatic rings. The van der Waals surface area contributed by atoms with Gasteiger partial charge in [0.05, 0.1) is 6.61 Å². The van der Waals surface area contributed by atoms with Crippen LogP contribution < -0.4 is 5.73 Å². The summed E-state index contributed by atoms with van der Waals surface area (Å²) in [5, 5.41) is 0. The van der Waals surface area contributed by atoms with E-state index in [-0.39, 0.29) is 5.84 Å². The Labute approximate surface area is 84.3 Å². The van der Waals surface area contributed by atoms with Crippen LogP contribution in [0.2, 0.25) is 0 Å². The van der Waals surface area contributed by atoms with E-state index in [1.165, 1.54) is 0 Å². The van der Waals surface area contributed by atoms with Crippen molar-refractivity contribution in [3.8, 4) is 0 Å². The maximum absolute atomic E-state index is 11.1. The normalized spacial score (nSPS) is 12.7. The molecule has 0 fully saturated rings. The van der Waals surface area contributed by atoms with E-state index in [0.717, 1.165) is 0 Å². The van der Waals surface area contributed by atoms with E-state index in [1.54, 1.807) is 27.9 Å². The first kappa shape index (κ1) is 12.9. The highest BCUT2D eigenvalue weighted by atomic mass is 16.6. The molecule has 0 unspecified atom stereocenters. The lowest BCUT2D eigenvalue weighted by atomic mass is 10.2. The van der Waals surface area contributed by atoms with Gasteiger partial charge in [-0.25, -0.2) is 4.79 Å². The van der Waals surface area contributed by atoms with E-state index in [0.29, 0.717) is 13.0 Å². The van der Waals surface area contributed by atoms with Gasteiger partial charge < -0.3 is 15.2 Å². The van der Waals surface area contributed by atoms with Crippen LogP contribution in [0.3, 0.4) is 0 Å². The van der Waals surface area contributed by atoms with Crippen LogP contribution in [0.15, 0.2) is 4.99 Å². The van der Waals surface area contributed by atoms with Crippen LogP contribution in [0.4, 0.5) is 4.79 Å². The Bertz CT molecular complexity index is 219. The highest BCUT2D eigenvalue weighted by Gasteiger charge is 2.15. The summed E-state index contributed by atoms with van der Waals surface area (Å²) < 4.78 is 9.72. The first-order valence-electron chi connectivity index (χ1n) is 4.40. The van der Waals surface area contributed by atoms with Crippen molar-refractivity contribution in [1.82, 2.24) is 0 Å². The van der Waals surface area contributed by atoms with Crippen LogP contribution >= 0.6 is 0 Å². The Morgan fingerprint density at radius 3 is 2.43 bits per heavy atom. The molecule has 0 heterocycles. The molecule has 5 nitrogen and oxygen atoms in total. The van der Waals surface area contributed by atoms with Gasteiger partial charge in [-0.2, -0.15) is 4.99 Å². The topological polar surface area (TPSA) is 73.9 Å². The zero-order chi connectivity index (χ0) is 11.2. The van der Waals surface area contributed by atoms with Crippen molar-refractivity contribution in [3.63, 3.8) is 0 Å². The minimum atomic E-state index is -0.661. The van der Waals surface area contributed by atoms with Crippen LogP contribution in [-0.4, -0.2) is 31.2 Å². The fourth-order valence-electron chi connectivity index (χ4n) is 0.665. The Kier molecular flexibility index (Phi) is 5.15. The third kappa shape index (κ3) is 7.54. The summed E-state index contributed by atoms with van der Waals surface area (Å²) in [4.78, 5) is 14.7.